The third-order valence-electron chi connectivity index (χ3n) is 5.05. The molecule has 5 nitrogen and oxygen atoms in total. The maximum absolute atomic E-state index is 14.2. The first-order chi connectivity index (χ1) is 13.8. The zero-order chi connectivity index (χ0) is 24.5. The van der Waals surface area contributed by atoms with Crippen LogP contribution in [0.3, 0.4) is 0 Å². The van der Waals surface area contributed by atoms with Crippen LogP contribution in [0.5, 0.6) is 0 Å². The van der Waals surface area contributed by atoms with Crippen molar-refractivity contribution in [2.24, 2.45) is 5.92 Å². The minimum absolute atomic E-state index is 0.0784. The van der Waals surface area contributed by atoms with E-state index in [9.17, 15) is 40.3 Å². The van der Waals surface area contributed by atoms with Gasteiger partial charge in [-0.1, -0.05) is 13.3 Å². The van der Waals surface area contributed by atoms with E-state index in [0.717, 1.165) is 6.92 Å². The molecule has 12 heteroatoms. The number of hydrogen-bond donors (Lipinski definition) is 0. The smallest absolute Gasteiger partial charge is 0.460 e. The first kappa shape index (κ1) is 27.3. The van der Waals surface area contributed by atoms with Crippen molar-refractivity contribution in [3.8, 4) is 0 Å². The highest BCUT2D eigenvalue weighted by molar-refractivity contribution is 5.79. The predicted molar refractivity (Wildman–Crippen MR) is 93.8 cm³/mol. The number of alkyl halides is 7. The van der Waals surface area contributed by atoms with Gasteiger partial charge in [-0.25, -0.2) is 14.0 Å². The van der Waals surface area contributed by atoms with Gasteiger partial charge in [0.1, 0.15) is 11.7 Å². The van der Waals surface area contributed by atoms with Crippen molar-refractivity contribution in [2.75, 3.05) is 0 Å². The molecule has 3 unspecified atom stereocenters. The van der Waals surface area contributed by atoms with Crippen LogP contribution in [-0.4, -0.2) is 47.5 Å². The van der Waals surface area contributed by atoms with Gasteiger partial charge in [0.15, 0.2) is 0 Å². The zero-order valence-corrected chi connectivity index (χ0v) is 17.9. The van der Waals surface area contributed by atoms with Gasteiger partial charge in [0, 0.05) is 0 Å². The molecule has 0 aromatic rings. The normalized spacial score (nSPS) is 23.0. The van der Waals surface area contributed by atoms with Gasteiger partial charge >= 0.3 is 30.1 Å². The number of halogens is 7. The Morgan fingerprint density at radius 2 is 1.32 bits per heavy atom. The molecule has 0 amide bonds. The van der Waals surface area contributed by atoms with Crippen LogP contribution in [0.25, 0.3) is 0 Å². The SMILES string of the molecule is CCC(C)(F)C(=O)OC1CCCCC1C(OC(=O)OC(C)(C)C)(C(F)(F)F)C(F)(F)F. The van der Waals surface area contributed by atoms with Crippen LogP contribution in [0.1, 0.15) is 66.7 Å². The van der Waals surface area contributed by atoms with Crippen LogP contribution in [-0.2, 0) is 19.0 Å². The lowest BCUT2D eigenvalue weighted by molar-refractivity contribution is -0.393. The van der Waals surface area contributed by atoms with Crippen LogP contribution in [0, 0.1) is 5.92 Å². The molecule has 1 fully saturated rings. The van der Waals surface area contributed by atoms with Gasteiger partial charge in [-0.2, -0.15) is 26.3 Å². The number of carbonyl (C=O) groups excluding carboxylic acids is 2. The standard InChI is InChI=1S/C19H27F7O5/c1-6-16(5,20)13(27)29-12-10-8-7-9-11(12)17(18(21,22)23,19(24,25)26)31-14(28)30-15(2,3)4/h11-12H,6-10H2,1-5H3. The summed E-state index contributed by atoms with van der Waals surface area (Å²) in [5.41, 5.74) is -9.05. The van der Waals surface area contributed by atoms with Gasteiger partial charge in [0.05, 0.1) is 5.92 Å². The van der Waals surface area contributed by atoms with Crippen LogP contribution in [0.2, 0.25) is 0 Å². The molecule has 1 aliphatic carbocycles. The van der Waals surface area contributed by atoms with Crippen LogP contribution >= 0.6 is 0 Å². The van der Waals surface area contributed by atoms with E-state index in [2.05, 4.69) is 9.47 Å². The van der Waals surface area contributed by atoms with Crippen LogP contribution in [0.4, 0.5) is 35.5 Å². The fourth-order valence-electron chi connectivity index (χ4n) is 3.28. The van der Waals surface area contributed by atoms with Crippen molar-refractivity contribution < 1.29 is 54.5 Å². The van der Waals surface area contributed by atoms with E-state index in [1.807, 2.05) is 0 Å². The average Bonchev–Trinajstić information content (AvgIpc) is 2.56. The predicted octanol–water partition coefficient (Wildman–Crippen LogP) is 6.04. The Balaban J connectivity index is 3.50. The van der Waals surface area contributed by atoms with E-state index in [4.69, 9.17) is 4.74 Å². The van der Waals surface area contributed by atoms with Gasteiger partial charge in [-0.15, -0.1) is 0 Å². The molecule has 1 aliphatic rings. The average molecular weight is 468 g/mol. The Hall–Kier alpha value is -1.75. The number of rotatable bonds is 5. The summed E-state index contributed by atoms with van der Waals surface area (Å²) in [4.78, 5) is 24.0. The summed E-state index contributed by atoms with van der Waals surface area (Å²) >= 11 is 0. The molecular weight excluding hydrogens is 441 g/mol. The second-order valence-electron chi connectivity index (χ2n) is 8.68. The van der Waals surface area contributed by atoms with Gasteiger partial charge in [-0.05, 0) is 53.4 Å². The van der Waals surface area contributed by atoms with Gasteiger partial charge in [0.2, 0.25) is 5.67 Å². The van der Waals surface area contributed by atoms with Gasteiger partial charge in [0.25, 0.3) is 0 Å². The second-order valence-corrected chi connectivity index (χ2v) is 8.68. The minimum Gasteiger partial charge on any atom is -0.460 e. The maximum atomic E-state index is 14.2. The zero-order valence-electron chi connectivity index (χ0n) is 17.9. The molecule has 1 saturated carbocycles. The highest BCUT2D eigenvalue weighted by Gasteiger charge is 2.79. The molecule has 182 valence electrons. The summed E-state index contributed by atoms with van der Waals surface area (Å²) < 4.78 is 112. The molecule has 1 rings (SSSR count). The van der Waals surface area contributed by atoms with E-state index in [-0.39, 0.29) is 19.3 Å². The van der Waals surface area contributed by atoms with Gasteiger partial charge in [-0.3, -0.25) is 0 Å². The summed E-state index contributed by atoms with van der Waals surface area (Å²) in [6, 6.07) is 0. The first-order valence-corrected chi connectivity index (χ1v) is 9.74. The van der Waals surface area contributed by atoms with Crippen molar-refractivity contribution in [3.63, 3.8) is 0 Å². The van der Waals surface area contributed by atoms with E-state index in [0.29, 0.717) is 0 Å². The van der Waals surface area contributed by atoms with Crippen molar-refractivity contribution in [1.29, 1.82) is 0 Å². The monoisotopic (exact) mass is 468 g/mol. The lowest BCUT2D eigenvalue weighted by Crippen LogP contribution is -2.67. The summed E-state index contributed by atoms with van der Waals surface area (Å²) in [6.07, 6.45) is -17.9. The van der Waals surface area contributed by atoms with E-state index in [1.54, 1.807) is 0 Å². The molecule has 0 bridgehead atoms. The number of carbonyl (C=O) groups is 2. The van der Waals surface area contributed by atoms with E-state index in [1.165, 1.54) is 27.7 Å². The van der Waals surface area contributed by atoms with Crippen molar-refractivity contribution >= 4 is 12.1 Å². The van der Waals surface area contributed by atoms with E-state index >= 15 is 0 Å². The Kier molecular flexibility index (Phi) is 7.93. The van der Waals surface area contributed by atoms with Crippen molar-refractivity contribution in [1.82, 2.24) is 0 Å². The summed E-state index contributed by atoms with van der Waals surface area (Å²) in [5.74, 6) is -4.12. The van der Waals surface area contributed by atoms with Crippen LogP contribution in [0.15, 0.2) is 0 Å². The highest BCUT2D eigenvalue weighted by atomic mass is 19.4. The van der Waals surface area contributed by atoms with E-state index < -0.39 is 66.2 Å². The summed E-state index contributed by atoms with van der Waals surface area (Å²) in [6.45, 7) is 5.77. The van der Waals surface area contributed by atoms with Crippen molar-refractivity contribution in [2.45, 2.75) is 102 Å². The number of ether oxygens (including phenoxy) is 3. The highest BCUT2D eigenvalue weighted by Crippen LogP contribution is 2.55. The fraction of sp³-hybridized carbons (Fsp3) is 0.895. The number of hydrogen-bond acceptors (Lipinski definition) is 5. The summed E-state index contributed by atoms with van der Waals surface area (Å²) in [5, 5.41) is 0. The minimum atomic E-state index is -6.13. The second kappa shape index (κ2) is 9.01. The maximum Gasteiger partial charge on any atom is 0.510 e. The molecule has 0 radical (unpaired) electrons. The van der Waals surface area contributed by atoms with Crippen molar-refractivity contribution in [3.05, 3.63) is 0 Å². The lowest BCUT2D eigenvalue weighted by Gasteiger charge is -2.46. The Labute approximate surface area is 175 Å². The molecule has 0 aromatic heterocycles. The molecule has 0 aromatic carbocycles. The molecule has 0 saturated heterocycles. The lowest BCUT2D eigenvalue weighted by atomic mass is 9.73. The van der Waals surface area contributed by atoms with Crippen LogP contribution < -0.4 is 0 Å². The Bertz CT molecular complexity index is 636. The molecule has 0 spiro atoms. The topological polar surface area (TPSA) is 61.8 Å². The molecule has 0 heterocycles. The molecule has 3 atom stereocenters. The first-order valence-electron chi connectivity index (χ1n) is 9.74. The molecule has 0 aliphatic heterocycles. The third-order valence-corrected chi connectivity index (χ3v) is 5.05. The molecule has 0 N–H and O–H groups in total. The molecule has 31 heavy (non-hydrogen) atoms. The quantitative estimate of drug-likeness (QED) is 0.364. The largest absolute Gasteiger partial charge is 0.510 e. The number of esters is 1. The Morgan fingerprint density at radius 3 is 1.74 bits per heavy atom. The fourth-order valence-corrected chi connectivity index (χ4v) is 3.28. The molecular formula is C19H27F7O5. The Morgan fingerprint density at radius 1 is 0.839 bits per heavy atom. The summed E-state index contributed by atoms with van der Waals surface area (Å²) in [7, 11) is 0. The third kappa shape index (κ3) is 6.15. The van der Waals surface area contributed by atoms with Gasteiger partial charge < -0.3 is 14.2 Å².